The quantitative estimate of drug-likeness (QED) is 0.938. The Morgan fingerprint density at radius 3 is 2.94 bits per heavy atom. The van der Waals surface area contributed by atoms with Crippen molar-refractivity contribution in [1.29, 1.82) is 0 Å². The molecule has 1 heterocycles. The van der Waals surface area contributed by atoms with Crippen LogP contribution in [0.5, 0.6) is 11.5 Å². The Bertz CT molecular complexity index is 528. The van der Waals surface area contributed by atoms with E-state index in [1.807, 2.05) is 13.1 Å². The summed E-state index contributed by atoms with van der Waals surface area (Å²) in [7, 11) is 1.85. The molecule has 0 aliphatic heterocycles. The summed E-state index contributed by atoms with van der Waals surface area (Å²) in [5.41, 5.74) is 0.966. The molecule has 0 spiro atoms. The van der Waals surface area contributed by atoms with E-state index in [-0.39, 0.29) is 5.82 Å². The summed E-state index contributed by atoms with van der Waals surface area (Å²) in [6, 6.07) is 6.28. The van der Waals surface area contributed by atoms with E-state index in [0.29, 0.717) is 22.5 Å². The second kappa shape index (κ2) is 5.93. The molecular weight excluding hydrogens is 299 g/mol. The van der Waals surface area contributed by atoms with E-state index in [0.717, 1.165) is 5.56 Å². The normalized spacial score (nSPS) is 10.4. The van der Waals surface area contributed by atoms with Crippen molar-refractivity contribution in [2.75, 3.05) is 7.05 Å². The van der Waals surface area contributed by atoms with E-state index in [9.17, 15) is 4.39 Å². The zero-order chi connectivity index (χ0) is 13.0. The molecule has 1 aromatic heterocycles. The van der Waals surface area contributed by atoms with Crippen LogP contribution in [-0.4, -0.2) is 12.0 Å². The third kappa shape index (κ3) is 3.27. The lowest BCUT2D eigenvalue weighted by atomic mass is 10.2. The molecule has 1 N–H and O–H groups in total. The zero-order valence-electron chi connectivity index (χ0n) is 9.78. The van der Waals surface area contributed by atoms with Crippen LogP contribution in [0, 0.1) is 5.82 Å². The largest absolute Gasteiger partial charge is 0.455 e. The molecule has 2 rings (SSSR count). The Hall–Kier alpha value is -1.46. The Balaban J connectivity index is 2.27. The van der Waals surface area contributed by atoms with E-state index < -0.39 is 0 Å². The summed E-state index contributed by atoms with van der Waals surface area (Å²) in [4.78, 5) is 4.01. The maximum atomic E-state index is 13.2. The molecule has 0 bridgehead atoms. The van der Waals surface area contributed by atoms with Gasteiger partial charge in [-0.25, -0.2) is 4.39 Å². The van der Waals surface area contributed by atoms with Crippen LogP contribution < -0.4 is 10.1 Å². The Labute approximate surface area is 113 Å². The summed E-state index contributed by atoms with van der Waals surface area (Å²) < 4.78 is 19.5. The lowest BCUT2D eigenvalue weighted by molar-refractivity contribution is 0.466. The average Bonchev–Trinajstić information content (AvgIpc) is 2.30. The highest BCUT2D eigenvalue weighted by Gasteiger charge is 2.06. The SMILES string of the molecule is CNCc1ccncc1Oc1cc(F)cc(Br)c1. The average molecular weight is 311 g/mol. The molecule has 18 heavy (non-hydrogen) atoms. The van der Waals surface area contributed by atoms with Crippen molar-refractivity contribution in [2.45, 2.75) is 6.54 Å². The summed E-state index contributed by atoms with van der Waals surface area (Å²) in [5, 5.41) is 3.04. The number of hydrogen-bond acceptors (Lipinski definition) is 3. The molecule has 94 valence electrons. The second-order valence-electron chi connectivity index (χ2n) is 3.72. The van der Waals surface area contributed by atoms with Crippen molar-refractivity contribution in [2.24, 2.45) is 0 Å². The van der Waals surface area contributed by atoms with E-state index >= 15 is 0 Å². The number of aromatic nitrogens is 1. The molecule has 0 aliphatic rings. The maximum Gasteiger partial charge on any atom is 0.150 e. The van der Waals surface area contributed by atoms with Gasteiger partial charge in [0.05, 0.1) is 6.20 Å². The first-order valence-electron chi connectivity index (χ1n) is 5.40. The lowest BCUT2D eigenvalue weighted by Crippen LogP contribution is -2.06. The highest BCUT2D eigenvalue weighted by atomic mass is 79.9. The van der Waals surface area contributed by atoms with Gasteiger partial charge in [0, 0.05) is 28.8 Å². The molecule has 0 aliphatic carbocycles. The van der Waals surface area contributed by atoms with Crippen molar-refractivity contribution >= 4 is 15.9 Å². The van der Waals surface area contributed by atoms with Crippen molar-refractivity contribution in [3.05, 3.63) is 52.5 Å². The topological polar surface area (TPSA) is 34.2 Å². The van der Waals surface area contributed by atoms with Gasteiger partial charge in [0.1, 0.15) is 17.3 Å². The number of hydrogen-bond donors (Lipinski definition) is 1. The third-order valence-electron chi connectivity index (χ3n) is 2.30. The number of pyridine rings is 1. The van der Waals surface area contributed by atoms with Gasteiger partial charge in [-0.3, -0.25) is 4.98 Å². The van der Waals surface area contributed by atoms with Crippen LogP contribution in [0.25, 0.3) is 0 Å². The highest BCUT2D eigenvalue weighted by molar-refractivity contribution is 9.10. The molecule has 3 nitrogen and oxygen atoms in total. The van der Waals surface area contributed by atoms with E-state index in [2.05, 4.69) is 26.2 Å². The van der Waals surface area contributed by atoms with Gasteiger partial charge in [-0.05, 0) is 25.2 Å². The minimum Gasteiger partial charge on any atom is -0.455 e. The number of benzene rings is 1. The van der Waals surface area contributed by atoms with Gasteiger partial charge in [0.2, 0.25) is 0 Å². The number of rotatable bonds is 4. The van der Waals surface area contributed by atoms with Gasteiger partial charge in [-0.1, -0.05) is 15.9 Å². The standard InChI is InChI=1S/C13H12BrFN2O/c1-16-7-9-2-3-17-8-13(9)18-12-5-10(14)4-11(15)6-12/h2-6,8,16H,7H2,1H3. The smallest absolute Gasteiger partial charge is 0.150 e. The van der Waals surface area contributed by atoms with Gasteiger partial charge in [-0.15, -0.1) is 0 Å². The molecular formula is C13H12BrFN2O. The highest BCUT2D eigenvalue weighted by Crippen LogP contribution is 2.27. The lowest BCUT2D eigenvalue weighted by Gasteiger charge is -2.10. The Morgan fingerprint density at radius 1 is 1.39 bits per heavy atom. The van der Waals surface area contributed by atoms with Gasteiger partial charge in [-0.2, -0.15) is 0 Å². The molecule has 2 aromatic rings. The van der Waals surface area contributed by atoms with Gasteiger partial charge < -0.3 is 10.1 Å². The number of nitrogens with zero attached hydrogens (tertiary/aromatic N) is 1. The monoisotopic (exact) mass is 310 g/mol. The molecule has 0 saturated heterocycles. The van der Waals surface area contributed by atoms with Crippen molar-refractivity contribution in [1.82, 2.24) is 10.3 Å². The summed E-state index contributed by atoms with van der Waals surface area (Å²) in [6.45, 7) is 0.661. The minimum atomic E-state index is -0.349. The maximum absolute atomic E-state index is 13.2. The van der Waals surface area contributed by atoms with Crippen LogP contribution in [0.15, 0.2) is 41.1 Å². The summed E-state index contributed by atoms with van der Waals surface area (Å²) in [6.07, 6.45) is 3.31. The summed E-state index contributed by atoms with van der Waals surface area (Å²) >= 11 is 3.23. The van der Waals surface area contributed by atoms with Crippen LogP contribution in [0.4, 0.5) is 4.39 Å². The molecule has 5 heteroatoms. The molecule has 0 amide bonds. The van der Waals surface area contributed by atoms with Crippen LogP contribution >= 0.6 is 15.9 Å². The third-order valence-corrected chi connectivity index (χ3v) is 2.76. The van der Waals surface area contributed by atoms with Crippen LogP contribution in [0.3, 0.4) is 0 Å². The Kier molecular flexibility index (Phi) is 4.28. The second-order valence-corrected chi connectivity index (χ2v) is 4.64. The minimum absolute atomic E-state index is 0.349. The predicted molar refractivity (Wildman–Crippen MR) is 71.2 cm³/mol. The summed E-state index contributed by atoms with van der Waals surface area (Å²) in [5.74, 6) is 0.704. The molecule has 0 atom stereocenters. The van der Waals surface area contributed by atoms with E-state index in [4.69, 9.17) is 4.74 Å². The molecule has 0 radical (unpaired) electrons. The predicted octanol–water partition coefficient (Wildman–Crippen LogP) is 3.49. The van der Waals surface area contributed by atoms with E-state index in [1.165, 1.54) is 12.1 Å². The fourth-order valence-corrected chi connectivity index (χ4v) is 2.00. The van der Waals surface area contributed by atoms with Gasteiger partial charge in [0.25, 0.3) is 0 Å². The fraction of sp³-hybridized carbons (Fsp3) is 0.154. The molecule has 0 unspecified atom stereocenters. The van der Waals surface area contributed by atoms with Crippen molar-refractivity contribution in [3.8, 4) is 11.5 Å². The van der Waals surface area contributed by atoms with Crippen LogP contribution in [0.1, 0.15) is 5.56 Å². The number of nitrogens with one attached hydrogen (secondary N) is 1. The van der Waals surface area contributed by atoms with Crippen LogP contribution in [0.2, 0.25) is 0 Å². The molecule has 0 saturated carbocycles. The van der Waals surface area contributed by atoms with Crippen LogP contribution in [-0.2, 0) is 6.54 Å². The first-order valence-corrected chi connectivity index (χ1v) is 6.20. The number of halogens is 2. The fourth-order valence-electron chi connectivity index (χ4n) is 1.55. The molecule has 0 fully saturated rings. The van der Waals surface area contributed by atoms with Gasteiger partial charge in [0.15, 0.2) is 0 Å². The Morgan fingerprint density at radius 2 is 2.22 bits per heavy atom. The number of ether oxygens (including phenoxy) is 1. The van der Waals surface area contributed by atoms with Crippen molar-refractivity contribution in [3.63, 3.8) is 0 Å². The zero-order valence-corrected chi connectivity index (χ0v) is 11.4. The first-order chi connectivity index (χ1) is 8.69. The van der Waals surface area contributed by atoms with Crippen molar-refractivity contribution < 1.29 is 9.13 Å². The molecule has 1 aromatic carbocycles. The first kappa shape index (κ1) is 13.0. The van der Waals surface area contributed by atoms with E-state index in [1.54, 1.807) is 18.5 Å². The van der Waals surface area contributed by atoms with Gasteiger partial charge >= 0.3 is 0 Å².